The number of carbonyl (C=O) groups is 2. The summed E-state index contributed by atoms with van der Waals surface area (Å²) in [5, 5.41) is 3.22. The normalized spacial score (nSPS) is 11.8. The van der Waals surface area contributed by atoms with Crippen molar-refractivity contribution in [2.24, 2.45) is 0 Å². The second kappa shape index (κ2) is 15.1. The van der Waals surface area contributed by atoms with E-state index in [-0.39, 0.29) is 12.2 Å². The molecule has 0 amide bonds. The number of hydrogen-bond acceptors (Lipinski definition) is 4. The molecule has 0 saturated carbocycles. The average molecular weight is 538 g/mol. The van der Waals surface area contributed by atoms with Crippen molar-refractivity contribution >= 4 is 28.5 Å². The highest BCUT2D eigenvalue weighted by molar-refractivity contribution is 7.13. The van der Waals surface area contributed by atoms with E-state index in [9.17, 15) is 18.4 Å². The maximum absolute atomic E-state index is 14.1. The van der Waals surface area contributed by atoms with Crippen molar-refractivity contribution in [3.8, 4) is 11.1 Å². The molecule has 1 aromatic heterocycles. The van der Waals surface area contributed by atoms with Crippen molar-refractivity contribution in [2.45, 2.75) is 60.8 Å². The van der Waals surface area contributed by atoms with Crippen molar-refractivity contribution in [1.29, 1.82) is 0 Å². The number of carbonyl (C=O) groups excluding carboxylic acids is 2. The van der Waals surface area contributed by atoms with Gasteiger partial charge >= 0.3 is 0 Å². The highest BCUT2D eigenvalue weighted by atomic mass is 32.1. The van der Waals surface area contributed by atoms with Crippen LogP contribution in [0.1, 0.15) is 84.0 Å². The van der Waals surface area contributed by atoms with E-state index in [0.29, 0.717) is 17.5 Å². The fraction of sp³-hybridized carbons (Fsp3) is 0.312. The van der Waals surface area contributed by atoms with Crippen LogP contribution in [0.3, 0.4) is 0 Å². The molecular weight excluding hydrogens is 500 g/mol. The average Bonchev–Trinajstić information content (AvgIpc) is 3.39. The Morgan fingerprint density at radius 3 is 2.18 bits per heavy atom. The van der Waals surface area contributed by atoms with E-state index >= 15 is 0 Å². The number of halogens is 2. The van der Waals surface area contributed by atoms with Crippen LogP contribution >= 0.6 is 11.3 Å². The van der Waals surface area contributed by atoms with Gasteiger partial charge in [-0.1, -0.05) is 65.8 Å². The number of aryl methyl sites for hydroxylation is 1. The minimum Gasteiger partial charge on any atom is -0.387 e. The Bertz CT molecular complexity index is 1300. The van der Waals surface area contributed by atoms with Crippen LogP contribution in [0.25, 0.3) is 16.7 Å². The molecule has 0 unspecified atom stereocenters. The van der Waals surface area contributed by atoms with Gasteiger partial charge in [0, 0.05) is 34.7 Å². The number of nitrogens with one attached hydrogen (secondary N) is 1. The first-order valence-corrected chi connectivity index (χ1v) is 14.1. The number of benzene rings is 2. The van der Waals surface area contributed by atoms with Gasteiger partial charge in [-0.25, -0.2) is 8.78 Å². The van der Waals surface area contributed by atoms with Gasteiger partial charge in [-0.2, -0.15) is 0 Å². The molecule has 2 heterocycles. The van der Waals surface area contributed by atoms with Gasteiger partial charge in [0.2, 0.25) is 0 Å². The molecular formula is C32H37F2NO2S. The van der Waals surface area contributed by atoms with Gasteiger partial charge in [-0.3, -0.25) is 9.59 Å². The quantitative estimate of drug-likeness (QED) is 0.292. The monoisotopic (exact) mass is 537 g/mol. The van der Waals surface area contributed by atoms with E-state index in [0.717, 1.165) is 41.1 Å². The summed E-state index contributed by atoms with van der Waals surface area (Å²) in [6.07, 6.45) is 6.90. The van der Waals surface area contributed by atoms with Crippen LogP contribution < -0.4 is 5.32 Å². The van der Waals surface area contributed by atoms with Crippen LogP contribution in [-0.4, -0.2) is 18.1 Å². The van der Waals surface area contributed by atoms with E-state index in [1.54, 1.807) is 30.4 Å². The first kappa shape index (κ1) is 30.8. The van der Waals surface area contributed by atoms with Gasteiger partial charge in [0.25, 0.3) is 0 Å². The Balaban J connectivity index is 0.00000121. The van der Waals surface area contributed by atoms with Crippen molar-refractivity contribution < 1.29 is 18.4 Å². The lowest BCUT2D eigenvalue weighted by molar-refractivity contribution is 0.0975. The molecule has 38 heavy (non-hydrogen) atoms. The number of Topliss-reactive ketones (excluding diaryl/α,β-unsaturated/α-hetero) is 2. The molecule has 0 saturated heterocycles. The summed E-state index contributed by atoms with van der Waals surface area (Å²) in [5.41, 5.74) is 3.54. The molecule has 6 heteroatoms. The Kier molecular flexibility index (Phi) is 12.3. The molecule has 0 bridgehead atoms. The standard InChI is InChI=1S/C28H25F2NO2S.2C2H6/c1-3-24(32)20-13-17(14-25(33)28-22(29)8-5-9-23(28)30)10-11-19(20)21-15-27(34-26(21)4-2)18-7-6-12-31-16-18;2*1-2/h5-13,15,31H,3-4,14,16H2,1-2H3;2*1-2H3. The number of ketones is 2. The molecule has 3 nitrogen and oxygen atoms in total. The molecule has 4 rings (SSSR count). The zero-order valence-electron chi connectivity index (χ0n) is 23.1. The van der Waals surface area contributed by atoms with Gasteiger partial charge in [0.05, 0.1) is 5.56 Å². The number of hydrogen-bond donors (Lipinski definition) is 1. The van der Waals surface area contributed by atoms with E-state index in [1.807, 2.05) is 46.0 Å². The van der Waals surface area contributed by atoms with Gasteiger partial charge in [0.15, 0.2) is 11.6 Å². The molecule has 0 atom stereocenters. The Labute approximate surface area is 229 Å². The van der Waals surface area contributed by atoms with E-state index in [1.165, 1.54) is 16.5 Å². The SMILES string of the molecule is CC.CC.CCC(=O)c1cc(CC(=O)c2c(F)cccc2F)ccc1-c1cc(C2=CC=CNC2)sc1CC. The largest absolute Gasteiger partial charge is 0.387 e. The van der Waals surface area contributed by atoms with E-state index in [2.05, 4.69) is 24.4 Å². The molecule has 0 fully saturated rings. The molecule has 1 aliphatic heterocycles. The number of rotatable bonds is 8. The third-order valence-corrected chi connectivity index (χ3v) is 7.21. The lowest BCUT2D eigenvalue weighted by Gasteiger charge is -2.12. The molecule has 0 radical (unpaired) electrons. The first-order chi connectivity index (χ1) is 18.4. The first-order valence-electron chi connectivity index (χ1n) is 13.3. The van der Waals surface area contributed by atoms with Crippen LogP contribution in [0.4, 0.5) is 8.78 Å². The summed E-state index contributed by atoms with van der Waals surface area (Å²) >= 11 is 1.71. The summed E-state index contributed by atoms with van der Waals surface area (Å²) in [4.78, 5) is 27.9. The second-order valence-corrected chi connectivity index (χ2v) is 9.22. The predicted octanol–water partition coefficient (Wildman–Crippen LogP) is 8.83. The van der Waals surface area contributed by atoms with Crippen LogP contribution in [0, 0.1) is 11.6 Å². The summed E-state index contributed by atoms with van der Waals surface area (Å²) in [6.45, 7) is 12.6. The summed E-state index contributed by atoms with van der Waals surface area (Å²) in [6, 6.07) is 10.8. The van der Waals surface area contributed by atoms with Gasteiger partial charge in [-0.15, -0.1) is 11.3 Å². The zero-order chi connectivity index (χ0) is 28.2. The summed E-state index contributed by atoms with van der Waals surface area (Å²) in [7, 11) is 0. The minimum absolute atomic E-state index is 0.0438. The molecule has 202 valence electrons. The van der Waals surface area contributed by atoms with E-state index in [4.69, 9.17) is 0 Å². The minimum atomic E-state index is -0.883. The zero-order valence-corrected chi connectivity index (χ0v) is 23.9. The van der Waals surface area contributed by atoms with Crippen molar-refractivity contribution in [2.75, 3.05) is 6.54 Å². The van der Waals surface area contributed by atoms with Crippen LogP contribution in [-0.2, 0) is 12.8 Å². The van der Waals surface area contributed by atoms with Gasteiger partial charge in [-0.05, 0) is 65.2 Å². The molecule has 1 aliphatic rings. The van der Waals surface area contributed by atoms with Crippen LogP contribution in [0.2, 0.25) is 0 Å². The lowest BCUT2D eigenvalue weighted by atomic mass is 9.91. The fourth-order valence-electron chi connectivity index (χ4n) is 4.10. The van der Waals surface area contributed by atoms with Crippen LogP contribution in [0.15, 0.2) is 60.8 Å². The van der Waals surface area contributed by atoms with Crippen molar-refractivity contribution in [1.82, 2.24) is 5.32 Å². The molecule has 1 N–H and O–H groups in total. The van der Waals surface area contributed by atoms with Gasteiger partial charge < -0.3 is 5.32 Å². The highest BCUT2D eigenvalue weighted by Gasteiger charge is 2.21. The summed E-state index contributed by atoms with van der Waals surface area (Å²) < 4.78 is 28.1. The molecule has 3 aromatic rings. The number of dihydropyridines is 1. The Morgan fingerprint density at radius 1 is 0.921 bits per heavy atom. The van der Waals surface area contributed by atoms with Crippen molar-refractivity contribution in [3.05, 3.63) is 98.9 Å². The third kappa shape index (κ3) is 7.13. The third-order valence-electron chi connectivity index (χ3n) is 5.85. The smallest absolute Gasteiger partial charge is 0.173 e. The fourth-order valence-corrected chi connectivity index (χ4v) is 5.24. The topological polar surface area (TPSA) is 46.2 Å². The lowest BCUT2D eigenvalue weighted by Crippen LogP contribution is -2.10. The highest BCUT2D eigenvalue weighted by Crippen LogP contribution is 2.38. The van der Waals surface area contributed by atoms with Crippen LogP contribution in [0.5, 0.6) is 0 Å². The number of allylic oxidation sites excluding steroid dienone is 2. The van der Waals surface area contributed by atoms with Crippen molar-refractivity contribution in [3.63, 3.8) is 0 Å². The van der Waals surface area contributed by atoms with Gasteiger partial charge in [0.1, 0.15) is 11.6 Å². The maximum atomic E-state index is 14.1. The molecule has 0 spiro atoms. The Morgan fingerprint density at radius 2 is 1.61 bits per heavy atom. The molecule has 2 aromatic carbocycles. The predicted molar refractivity (Wildman–Crippen MR) is 156 cm³/mol. The Hall–Kier alpha value is -3.38. The number of thiophene rings is 1. The van der Waals surface area contributed by atoms with E-state index < -0.39 is 23.0 Å². The molecule has 0 aliphatic carbocycles. The maximum Gasteiger partial charge on any atom is 0.173 e. The summed E-state index contributed by atoms with van der Waals surface area (Å²) in [5.74, 6) is -2.47. The second-order valence-electron chi connectivity index (χ2n) is 8.09.